The maximum atomic E-state index is 6.73. The molecule has 3 aromatic heterocycles. The third-order valence-electron chi connectivity index (χ3n) is 11.2. The van der Waals surface area contributed by atoms with Gasteiger partial charge in [-0.3, -0.25) is 0 Å². The van der Waals surface area contributed by atoms with Crippen LogP contribution < -0.4 is 0 Å². The molecule has 0 aliphatic heterocycles. The van der Waals surface area contributed by atoms with E-state index in [-0.39, 0.29) is 5.92 Å². The van der Waals surface area contributed by atoms with Gasteiger partial charge in [-0.1, -0.05) is 152 Å². The van der Waals surface area contributed by atoms with Gasteiger partial charge < -0.3 is 13.3 Å². The molecule has 0 aliphatic carbocycles. The van der Waals surface area contributed by atoms with Gasteiger partial charge in [-0.05, 0) is 70.8 Å². The highest BCUT2D eigenvalue weighted by molar-refractivity contribution is 6.13. The number of para-hydroxylation sites is 4. The maximum Gasteiger partial charge on any atom is 0.143 e. The number of rotatable bonds is 7. The lowest BCUT2D eigenvalue weighted by Crippen LogP contribution is -2.07. The molecule has 11 aromatic rings. The van der Waals surface area contributed by atoms with Gasteiger partial charge in [0.05, 0.1) is 0 Å². The summed E-state index contributed by atoms with van der Waals surface area (Å²) in [7, 11) is 0. The minimum Gasteiger partial charge on any atom is -0.456 e. The summed E-state index contributed by atoms with van der Waals surface area (Å²) in [5.41, 5.74) is 13.8. The molecule has 1 atom stereocenters. The number of furan rings is 3. The molecular weight excluding hydrogens is 661 g/mol. The Morgan fingerprint density at radius 2 is 0.833 bits per heavy atom. The molecule has 0 radical (unpaired) electrons. The Morgan fingerprint density at radius 3 is 1.50 bits per heavy atom. The van der Waals surface area contributed by atoms with Gasteiger partial charge in [-0.15, -0.1) is 0 Å². The van der Waals surface area contributed by atoms with E-state index in [2.05, 4.69) is 146 Å². The topological polar surface area (TPSA) is 39.4 Å². The molecule has 11 rings (SSSR count). The van der Waals surface area contributed by atoms with Gasteiger partial charge in [0, 0.05) is 43.4 Å². The second-order valence-corrected chi connectivity index (χ2v) is 14.4. The van der Waals surface area contributed by atoms with Gasteiger partial charge in [-0.25, -0.2) is 0 Å². The zero-order chi connectivity index (χ0) is 35.6. The molecule has 8 aromatic carbocycles. The zero-order valence-electron chi connectivity index (χ0n) is 29.5. The van der Waals surface area contributed by atoms with Crippen molar-refractivity contribution in [3.63, 3.8) is 0 Å². The highest BCUT2D eigenvalue weighted by atomic mass is 16.3. The standard InChI is InChI=1S/C51H34O3/c1-2-10-34(11-3-1)38-14-8-16-44-45-17-9-15-39(51(45)54-50(38)44)35-23-20-32(21-24-35)28-37(36-25-27-43-41-13-5-7-19-47(41)53-49(43)31-36)29-33-22-26-42-40-12-4-6-18-46(40)52-48(42)30-33/h1-27,30-31,37H,28-29H2/t37-/m0/s1. The van der Waals surface area contributed by atoms with E-state index in [1.54, 1.807) is 0 Å². The van der Waals surface area contributed by atoms with Gasteiger partial charge in [0.25, 0.3) is 0 Å². The average molecular weight is 695 g/mol. The van der Waals surface area contributed by atoms with Crippen LogP contribution in [0.3, 0.4) is 0 Å². The first-order valence-electron chi connectivity index (χ1n) is 18.6. The monoisotopic (exact) mass is 694 g/mol. The van der Waals surface area contributed by atoms with E-state index in [9.17, 15) is 0 Å². The minimum absolute atomic E-state index is 0.213. The molecule has 3 heteroatoms. The summed E-state index contributed by atoms with van der Waals surface area (Å²) < 4.78 is 19.4. The first kappa shape index (κ1) is 30.8. The lowest BCUT2D eigenvalue weighted by molar-refractivity contribution is 0.654. The summed E-state index contributed by atoms with van der Waals surface area (Å²) in [4.78, 5) is 0. The quantitative estimate of drug-likeness (QED) is 0.167. The van der Waals surface area contributed by atoms with Gasteiger partial charge >= 0.3 is 0 Å². The Morgan fingerprint density at radius 1 is 0.333 bits per heavy atom. The van der Waals surface area contributed by atoms with E-state index in [0.29, 0.717) is 0 Å². The van der Waals surface area contributed by atoms with E-state index in [0.717, 1.165) is 101 Å². The van der Waals surface area contributed by atoms with Crippen LogP contribution in [-0.4, -0.2) is 0 Å². The van der Waals surface area contributed by atoms with Crippen molar-refractivity contribution in [1.29, 1.82) is 0 Å². The Hall–Kier alpha value is -6.84. The van der Waals surface area contributed by atoms with Crippen molar-refractivity contribution in [1.82, 2.24) is 0 Å². The van der Waals surface area contributed by atoms with Crippen LogP contribution in [0.2, 0.25) is 0 Å². The van der Waals surface area contributed by atoms with Crippen LogP contribution in [0.1, 0.15) is 22.6 Å². The third kappa shape index (κ3) is 5.12. The lowest BCUT2D eigenvalue weighted by atomic mass is 9.85. The van der Waals surface area contributed by atoms with E-state index >= 15 is 0 Å². The van der Waals surface area contributed by atoms with Crippen LogP contribution in [0.4, 0.5) is 0 Å². The molecule has 0 saturated heterocycles. The lowest BCUT2D eigenvalue weighted by Gasteiger charge is -2.18. The molecular formula is C51H34O3. The van der Waals surface area contributed by atoms with Gasteiger partial charge in [0.2, 0.25) is 0 Å². The summed E-state index contributed by atoms with van der Waals surface area (Å²) in [6.45, 7) is 0. The number of benzene rings is 8. The SMILES string of the molecule is c1ccc(-c2cccc3c2oc2c(-c4ccc(C[C@@H](Cc5ccc6c(c5)oc5ccccc56)c5ccc6c(c5)oc5ccccc56)cc4)cccc23)cc1. The van der Waals surface area contributed by atoms with Crippen molar-refractivity contribution >= 4 is 65.8 Å². The zero-order valence-corrected chi connectivity index (χ0v) is 29.5. The molecule has 0 amide bonds. The predicted octanol–water partition coefficient (Wildman–Crippen LogP) is 14.3. The highest BCUT2D eigenvalue weighted by Crippen LogP contribution is 2.40. The van der Waals surface area contributed by atoms with Gasteiger partial charge in [-0.2, -0.15) is 0 Å². The molecule has 54 heavy (non-hydrogen) atoms. The molecule has 0 bridgehead atoms. The van der Waals surface area contributed by atoms with Crippen molar-refractivity contribution in [3.8, 4) is 22.3 Å². The van der Waals surface area contributed by atoms with Gasteiger partial charge in [0.15, 0.2) is 0 Å². The molecule has 0 unspecified atom stereocenters. The van der Waals surface area contributed by atoms with Crippen LogP contribution in [0.5, 0.6) is 0 Å². The molecule has 0 N–H and O–H groups in total. The second-order valence-electron chi connectivity index (χ2n) is 14.4. The van der Waals surface area contributed by atoms with E-state index in [1.807, 2.05) is 30.3 Å². The van der Waals surface area contributed by atoms with E-state index in [4.69, 9.17) is 13.3 Å². The minimum atomic E-state index is 0.213. The van der Waals surface area contributed by atoms with E-state index in [1.165, 1.54) is 16.7 Å². The fourth-order valence-electron chi connectivity index (χ4n) is 8.48. The summed E-state index contributed by atoms with van der Waals surface area (Å²) >= 11 is 0. The first-order valence-corrected chi connectivity index (χ1v) is 18.6. The maximum absolute atomic E-state index is 6.73. The number of hydrogen-bond donors (Lipinski definition) is 0. The fourth-order valence-corrected chi connectivity index (χ4v) is 8.48. The van der Waals surface area contributed by atoms with Crippen molar-refractivity contribution < 1.29 is 13.3 Å². The van der Waals surface area contributed by atoms with Crippen LogP contribution in [0.25, 0.3) is 88.1 Å². The molecule has 0 spiro atoms. The van der Waals surface area contributed by atoms with Crippen molar-refractivity contribution in [3.05, 3.63) is 193 Å². The van der Waals surface area contributed by atoms with Crippen LogP contribution in [0, 0.1) is 0 Å². The Balaban J connectivity index is 0.960. The molecule has 0 saturated carbocycles. The second kappa shape index (κ2) is 12.4. The van der Waals surface area contributed by atoms with Crippen molar-refractivity contribution in [2.75, 3.05) is 0 Å². The number of hydrogen-bond acceptors (Lipinski definition) is 3. The summed E-state index contributed by atoms with van der Waals surface area (Å²) in [6.07, 6.45) is 1.74. The first-order chi connectivity index (χ1) is 26.7. The van der Waals surface area contributed by atoms with Gasteiger partial charge in [0.1, 0.15) is 33.5 Å². The highest BCUT2D eigenvalue weighted by Gasteiger charge is 2.19. The van der Waals surface area contributed by atoms with Crippen molar-refractivity contribution in [2.45, 2.75) is 18.8 Å². The largest absolute Gasteiger partial charge is 0.456 e. The fraction of sp³-hybridized carbons (Fsp3) is 0.0588. The molecule has 0 fully saturated rings. The normalized spacial score (nSPS) is 12.5. The molecule has 3 nitrogen and oxygen atoms in total. The van der Waals surface area contributed by atoms with Crippen LogP contribution in [-0.2, 0) is 12.8 Å². The number of fused-ring (bicyclic) bond motifs is 9. The third-order valence-corrected chi connectivity index (χ3v) is 11.2. The summed E-state index contributed by atoms with van der Waals surface area (Å²) in [6, 6.07) is 62.4. The van der Waals surface area contributed by atoms with Crippen LogP contribution in [0.15, 0.2) is 189 Å². The Kier molecular flexibility index (Phi) is 7.06. The smallest absolute Gasteiger partial charge is 0.143 e. The van der Waals surface area contributed by atoms with Crippen LogP contribution >= 0.6 is 0 Å². The Labute approximate surface area is 311 Å². The van der Waals surface area contributed by atoms with Crippen molar-refractivity contribution in [2.24, 2.45) is 0 Å². The predicted molar refractivity (Wildman–Crippen MR) is 222 cm³/mol. The molecule has 256 valence electrons. The Bertz CT molecular complexity index is 3160. The summed E-state index contributed by atoms with van der Waals surface area (Å²) in [5.74, 6) is 0.213. The average Bonchev–Trinajstić information content (AvgIpc) is 3.92. The summed E-state index contributed by atoms with van der Waals surface area (Å²) in [5, 5.41) is 6.87. The van der Waals surface area contributed by atoms with E-state index < -0.39 is 0 Å². The molecule has 3 heterocycles. The molecule has 0 aliphatic rings.